The van der Waals surface area contributed by atoms with E-state index in [2.05, 4.69) is 41.8 Å². The van der Waals surface area contributed by atoms with Crippen molar-refractivity contribution in [2.45, 2.75) is 0 Å². The number of rotatable bonds is 1. The Bertz CT molecular complexity index is 287. The van der Waals surface area contributed by atoms with Crippen molar-refractivity contribution in [3.05, 3.63) is 49.8 Å². The average Bonchev–Trinajstić information content (AvgIpc) is 2.54. The Labute approximate surface area is 101 Å². The van der Waals surface area contributed by atoms with Crippen LogP contribution >= 0.6 is 7.92 Å². The van der Waals surface area contributed by atoms with E-state index in [9.17, 15) is 0 Å². The van der Waals surface area contributed by atoms with E-state index in [1.54, 1.807) is 0 Å². The molecule has 0 fully saturated rings. The molecule has 0 N–H and O–H groups in total. The zero-order valence-corrected chi connectivity index (χ0v) is 11.7. The summed E-state index contributed by atoms with van der Waals surface area (Å²) in [4.78, 5) is 2.26. The summed E-state index contributed by atoms with van der Waals surface area (Å²) in [5.41, 5.74) is 1.18. The van der Waals surface area contributed by atoms with E-state index in [1.807, 2.05) is 12.1 Å². The molecular formula is C11H14IrNP-2. The first-order chi connectivity index (χ1) is 5.86. The van der Waals surface area contributed by atoms with Crippen LogP contribution in [0.1, 0.15) is 0 Å². The van der Waals surface area contributed by atoms with Crippen molar-refractivity contribution in [3.63, 3.8) is 0 Å². The fraction of sp³-hybridized carbons (Fsp3) is 0.182. The Morgan fingerprint density at radius 3 is 2.71 bits per heavy atom. The van der Waals surface area contributed by atoms with Gasteiger partial charge in [-0.25, -0.2) is 0 Å². The molecule has 3 heteroatoms. The summed E-state index contributed by atoms with van der Waals surface area (Å²) in [6, 6.07) is 11.3. The fourth-order valence-corrected chi connectivity index (χ4v) is 2.46. The molecule has 1 aromatic carbocycles. The smallest absolute Gasteiger partial charge is 0.0433 e. The van der Waals surface area contributed by atoms with E-state index in [1.165, 1.54) is 5.69 Å². The second-order valence-electron chi connectivity index (χ2n) is 2.91. The summed E-state index contributed by atoms with van der Waals surface area (Å²) in [6.07, 6.45) is 3.31. The van der Waals surface area contributed by atoms with Crippen LogP contribution in [0.4, 0.5) is 5.69 Å². The maximum Gasteiger partial charge on any atom is 0.0433 e. The maximum atomic E-state index is 3.22. The van der Waals surface area contributed by atoms with Crippen molar-refractivity contribution in [3.8, 4) is 0 Å². The Kier molecular flexibility index (Phi) is 6.27. The molecule has 0 aromatic heterocycles. The molecule has 0 aliphatic carbocycles. The first-order valence-corrected chi connectivity index (χ1v) is 6.02. The normalized spacial score (nSPS) is 18.6. The molecule has 79 valence electrons. The molecule has 0 saturated heterocycles. The predicted octanol–water partition coefficient (Wildman–Crippen LogP) is 3.29. The molecule has 0 amide bonds. The fourth-order valence-electron chi connectivity index (χ4n) is 1.25. The SMILES string of the molecule is CP1C=CN(c2[c-]cccc2)C1.[CH3-].[Ir]. The third-order valence-electron chi connectivity index (χ3n) is 1.88. The summed E-state index contributed by atoms with van der Waals surface area (Å²) in [5.74, 6) is 2.29. The molecule has 0 bridgehead atoms. The van der Waals surface area contributed by atoms with Gasteiger partial charge in [0.15, 0.2) is 0 Å². The second kappa shape index (κ2) is 6.35. The number of hydrogen-bond acceptors (Lipinski definition) is 1. The number of para-hydroxylation sites is 1. The van der Waals surface area contributed by atoms with Crippen LogP contribution in [-0.4, -0.2) is 13.0 Å². The minimum atomic E-state index is 0. The van der Waals surface area contributed by atoms with Crippen molar-refractivity contribution >= 4 is 13.6 Å². The Balaban J connectivity index is 0.000000845. The van der Waals surface area contributed by atoms with Crippen molar-refractivity contribution in [2.75, 3.05) is 17.9 Å². The molecule has 1 aliphatic heterocycles. The predicted molar refractivity (Wildman–Crippen MR) is 61.0 cm³/mol. The van der Waals surface area contributed by atoms with Gasteiger partial charge >= 0.3 is 0 Å². The van der Waals surface area contributed by atoms with Crippen LogP contribution in [0.15, 0.2) is 36.3 Å². The Hall–Kier alpha value is -0.161. The molecule has 14 heavy (non-hydrogen) atoms. The van der Waals surface area contributed by atoms with Gasteiger partial charge in [-0.15, -0.1) is 6.07 Å². The van der Waals surface area contributed by atoms with Gasteiger partial charge < -0.3 is 12.3 Å². The third-order valence-corrected chi connectivity index (χ3v) is 3.27. The Morgan fingerprint density at radius 1 is 1.43 bits per heavy atom. The molecule has 2 rings (SSSR count). The molecule has 1 radical (unpaired) electrons. The molecule has 0 saturated carbocycles. The first kappa shape index (κ1) is 13.8. The van der Waals surface area contributed by atoms with Gasteiger partial charge in [0.05, 0.1) is 0 Å². The molecule has 1 atom stereocenters. The Morgan fingerprint density at radius 2 is 2.21 bits per heavy atom. The van der Waals surface area contributed by atoms with Crippen molar-refractivity contribution in [1.29, 1.82) is 0 Å². The van der Waals surface area contributed by atoms with Gasteiger partial charge in [-0.1, -0.05) is 13.6 Å². The largest absolute Gasteiger partial charge is 0.367 e. The third kappa shape index (κ3) is 3.20. The average molecular weight is 383 g/mol. The van der Waals surface area contributed by atoms with Crippen molar-refractivity contribution < 1.29 is 20.1 Å². The van der Waals surface area contributed by atoms with Gasteiger partial charge in [0.25, 0.3) is 0 Å². The standard InChI is InChI=1S/C10H11NP.CH3.Ir/c1-12-8-7-11(9-12)10-5-3-2-4-6-10;;/h2-5,7-8H,9H2,1H3;1H3;/q2*-1;. The van der Waals surface area contributed by atoms with Crippen molar-refractivity contribution in [2.24, 2.45) is 0 Å². The molecular weight excluding hydrogens is 369 g/mol. The van der Waals surface area contributed by atoms with E-state index in [0.717, 1.165) is 6.29 Å². The zero-order valence-electron chi connectivity index (χ0n) is 8.40. The molecule has 0 spiro atoms. The van der Waals surface area contributed by atoms with Gasteiger partial charge in [-0.2, -0.15) is 24.3 Å². The van der Waals surface area contributed by atoms with E-state index in [-0.39, 0.29) is 35.5 Å². The minimum Gasteiger partial charge on any atom is -0.367 e. The molecule has 1 aliphatic rings. The first-order valence-electron chi connectivity index (χ1n) is 3.98. The number of hydrogen-bond donors (Lipinski definition) is 0. The maximum absolute atomic E-state index is 3.22. The van der Waals surface area contributed by atoms with E-state index in [4.69, 9.17) is 0 Å². The molecule has 1 nitrogen and oxygen atoms in total. The van der Waals surface area contributed by atoms with Crippen LogP contribution in [-0.2, 0) is 20.1 Å². The summed E-state index contributed by atoms with van der Waals surface area (Å²) < 4.78 is 0. The van der Waals surface area contributed by atoms with E-state index < -0.39 is 0 Å². The topological polar surface area (TPSA) is 3.24 Å². The molecule has 1 unspecified atom stereocenters. The van der Waals surface area contributed by atoms with Gasteiger partial charge in [0.1, 0.15) is 0 Å². The van der Waals surface area contributed by atoms with Gasteiger partial charge in [0, 0.05) is 32.6 Å². The number of nitrogens with zero attached hydrogens (tertiary/aromatic N) is 1. The minimum absolute atomic E-state index is 0. The summed E-state index contributed by atoms with van der Waals surface area (Å²) >= 11 is 0. The molecule has 1 heterocycles. The van der Waals surface area contributed by atoms with Gasteiger partial charge in [-0.05, 0) is 12.5 Å². The van der Waals surface area contributed by atoms with Crippen LogP contribution in [0, 0.1) is 13.5 Å². The van der Waals surface area contributed by atoms with E-state index in [0.29, 0.717) is 0 Å². The summed E-state index contributed by atoms with van der Waals surface area (Å²) in [6.45, 7) is 2.29. The van der Waals surface area contributed by atoms with Crippen LogP contribution in [0.5, 0.6) is 0 Å². The molecule has 1 aromatic rings. The van der Waals surface area contributed by atoms with Crippen LogP contribution in [0.3, 0.4) is 0 Å². The van der Waals surface area contributed by atoms with Gasteiger partial charge in [-0.3, -0.25) is 0 Å². The van der Waals surface area contributed by atoms with E-state index >= 15 is 0 Å². The number of anilines is 1. The monoisotopic (exact) mass is 384 g/mol. The zero-order chi connectivity index (χ0) is 8.39. The number of benzene rings is 1. The van der Waals surface area contributed by atoms with Crippen molar-refractivity contribution in [1.82, 2.24) is 0 Å². The second-order valence-corrected chi connectivity index (χ2v) is 5.01. The van der Waals surface area contributed by atoms with Crippen LogP contribution in [0.2, 0.25) is 0 Å². The summed E-state index contributed by atoms with van der Waals surface area (Å²) in [7, 11) is 0.0974. The van der Waals surface area contributed by atoms with Crippen LogP contribution < -0.4 is 4.90 Å². The quantitative estimate of drug-likeness (QED) is 0.531. The van der Waals surface area contributed by atoms with Gasteiger partial charge in [0.2, 0.25) is 0 Å². The summed E-state index contributed by atoms with van der Waals surface area (Å²) in [5, 5.41) is 0. The van der Waals surface area contributed by atoms with Crippen LogP contribution in [0.25, 0.3) is 0 Å².